The number of hydrogen-bond acceptors (Lipinski definition) is 2. The molecule has 0 spiro atoms. The minimum Gasteiger partial charge on any atom is -0.481 e. The molecule has 1 aromatic rings. The third-order valence-electron chi connectivity index (χ3n) is 2.86. The summed E-state index contributed by atoms with van der Waals surface area (Å²) in [5.41, 5.74) is 1.77. The van der Waals surface area contributed by atoms with Crippen LogP contribution in [-0.2, 0) is 22.6 Å². The van der Waals surface area contributed by atoms with Crippen molar-refractivity contribution in [3.8, 4) is 0 Å². The molecule has 1 aromatic carbocycles. The predicted molar refractivity (Wildman–Crippen MR) is 66.9 cm³/mol. The van der Waals surface area contributed by atoms with Crippen LogP contribution in [0.3, 0.4) is 0 Å². The first-order valence-electron chi connectivity index (χ1n) is 5.86. The Morgan fingerprint density at radius 1 is 1.24 bits per heavy atom. The Hall–Kier alpha value is -1.35. The van der Waals surface area contributed by atoms with Crippen molar-refractivity contribution in [3.05, 3.63) is 35.4 Å². The third kappa shape index (κ3) is 5.00. The van der Waals surface area contributed by atoms with Crippen molar-refractivity contribution < 1.29 is 14.6 Å². The van der Waals surface area contributed by atoms with Crippen LogP contribution in [0, 0.1) is 0 Å². The van der Waals surface area contributed by atoms with Gasteiger partial charge in [0.15, 0.2) is 0 Å². The van der Waals surface area contributed by atoms with E-state index in [1.165, 1.54) is 0 Å². The van der Waals surface area contributed by atoms with Crippen molar-refractivity contribution in [3.63, 3.8) is 0 Å². The Morgan fingerprint density at radius 2 is 1.76 bits per heavy atom. The minimum atomic E-state index is -0.805. The van der Waals surface area contributed by atoms with Gasteiger partial charge in [0.2, 0.25) is 0 Å². The normalized spacial score (nSPS) is 11.5. The van der Waals surface area contributed by atoms with E-state index in [4.69, 9.17) is 9.84 Å². The largest absolute Gasteiger partial charge is 0.481 e. The van der Waals surface area contributed by atoms with Crippen LogP contribution in [0.15, 0.2) is 24.3 Å². The lowest BCUT2D eigenvalue weighted by Crippen LogP contribution is -2.22. The minimum absolute atomic E-state index is 0.0710. The topological polar surface area (TPSA) is 46.5 Å². The number of carbonyl (C=O) groups is 1. The number of carboxylic acids is 1. The van der Waals surface area contributed by atoms with Gasteiger partial charge in [-0.2, -0.15) is 0 Å². The van der Waals surface area contributed by atoms with E-state index in [0.717, 1.165) is 17.5 Å². The first-order valence-corrected chi connectivity index (χ1v) is 5.86. The highest BCUT2D eigenvalue weighted by Gasteiger charge is 2.14. The highest BCUT2D eigenvalue weighted by Crippen LogP contribution is 2.16. The summed E-state index contributed by atoms with van der Waals surface area (Å²) >= 11 is 0. The summed E-state index contributed by atoms with van der Waals surface area (Å²) in [5.74, 6) is -0.805. The van der Waals surface area contributed by atoms with Crippen molar-refractivity contribution in [2.45, 2.75) is 45.8 Å². The fraction of sp³-hybridized carbons (Fsp3) is 0.500. The maximum absolute atomic E-state index is 10.5. The van der Waals surface area contributed by atoms with Gasteiger partial charge in [0.25, 0.3) is 0 Å². The second kappa shape index (κ2) is 5.82. The maximum atomic E-state index is 10.5. The zero-order valence-electron chi connectivity index (χ0n) is 10.7. The van der Waals surface area contributed by atoms with E-state index in [2.05, 4.69) is 20.8 Å². The van der Waals surface area contributed by atoms with Gasteiger partial charge in [0.1, 0.15) is 0 Å². The third-order valence-corrected chi connectivity index (χ3v) is 2.86. The number of benzene rings is 1. The van der Waals surface area contributed by atoms with Crippen molar-refractivity contribution >= 4 is 5.97 Å². The molecule has 0 bridgehead atoms. The molecule has 0 aliphatic rings. The highest BCUT2D eigenvalue weighted by atomic mass is 16.5. The zero-order chi connectivity index (χ0) is 12.9. The zero-order valence-corrected chi connectivity index (χ0v) is 10.7. The van der Waals surface area contributed by atoms with Crippen molar-refractivity contribution in [2.75, 3.05) is 0 Å². The van der Waals surface area contributed by atoms with Gasteiger partial charge in [-0.25, -0.2) is 0 Å². The quantitative estimate of drug-likeness (QED) is 0.825. The van der Waals surface area contributed by atoms with E-state index < -0.39 is 5.97 Å². The summed E-state index contributed by atoms with van der Waals surface area (Å²) < 4.78 is 5.77. The van der Waals surface area contributed by atoms with Crippen LogP contribution in [-0.4, -0.2) is 16.7 Å². The molecule has 3 nitrogen and oxygen atoms in total. The van der Waals surface area contributed by atoms with E-state index in [0.29, 0.717) is 6.61 Å². The fourth-order valence-electron chi connectivity index (χ4n) is 1.31. The molecule has 17 heavy (non-hydrogen) atoms. The predicted octanol–water partition coefficient (Wildman–Crippen LogP) is 3.02. The molecule has 0 heterocycles. The van der Waals surface area contributed by atoms with Gasteiger partial charge >= 0.3 is 5.97 Å². The number of ether oxygens (including phenoxy) is 1. The first kappa shape index (κ1) is 13.7. The van der Waals surface area contributed by atoms with Gasteiger partial charge in [-0.3, -0.25) is 4.79 Å². The van der Waals surface area contributed by atoms with Gasteiger partial charge in [0, 0.05) is 0 Å². The van der Waals surface area contributed by atoms with E-state index in [1.807, 2.05) is 24.3 Å². The van der Waals surface area contributed by atoms with Crippen molar-refractivity contribution in [1.29, 1.82) is 0 Å². The lowest BCUT2D eigenvalue weighted by atomic mass is 10.1. The molecule has 0 aromatic heterocycles. The Morgan fingerprint density at radius 3 is 2.24 bits per heavy atom. The van der Waals surface area contributed by atoms with Crippen molar-refractivity contribution in [2.24, 2.45) is 0 Å². The summed E-state index contributed by atoms with van der Waals surface area (Å²) in [7, 11) is 0. The molecular weight excluding hydrogens is 216 g/mol. The monoisotopic (exact) mass is 236 g/mol. The van der Waals surface area contributed by atoms with Crippen LogP contribution >= 0.6 is 0 Å². The molecule has 0 fully saturated rings. The van der Waals surface area contributed by atoms with Crippen LogP contribution in [0.25, 0.3) is 0 Å². The molecule has 0 unspecified atom stereocenters. The molecule has 0 amide bonds. The summed E-state index contributed by atoms with van der Waals surface area (Å²) in [6.45, 7) is 6.78. The van der Waals surface area contributed by atoms with E-state index in [-0.39, 0.29) is 12.0 Å². The van der Waals surface area contributed by atoms with Gasteiger partial charge in [-0.1, -0.05) is 31.2 Å². The maximum Gasteiger partial charge on any atom is 0.307 e. The van der Waals surface area contributed by atoms with Crippen LogP contribution in [0.2, 0.25) is 0 Å². The van der Waals surface area contributed by atoms with Crippen LogP contribution in [0.4, 0.5) is 0 Å². The van der Waals surface area contributed by atoms with Gasteiger partial charge < -0.3 is 9.84 Å². The second-order valence-corrected chi connectivity index (χ2v) is 4.79. The standard InChI is InChI=1S/C14H20O3/c1-4-14(2,3)17-10-12-7-5-11(6-8-12)9-13(15)16/h5-8H,4,9-10H2,1-3H3,(H,15,16). The van der Waals surface area contributed by atoms with Gasteiger partial charge in [-0.15, -0.1) is 0 Å². The lowest BCUT2D eigenvalue weighted by Gasteiger charge is -2.23. The Kier molecular flexibility index (Phi) is 4.70. The molecule has 3 heteroatoms. The van der Waals surface area contributed by atoms with Crippen LogP contribution in [0.1, 0.15) is 38.3 Å². The second-order valence-electron chi connectivity index (χ2n) is 4.79. The summed E-state index contributed by atoms with van der Waals surface area (Å²) in [6.07, 6.45) is 1.03. The molecule has 94 valence electrons. The van der Waals surface area contributed by atoms with Gasteiger partial charge in [-0.05, 0) is 31.4 Å². The Balaban J connectivity index is 2.54. The smallest absolute Gasteiger partial charge is 0.307 e. The number of rotatable bonds is 6. The molecule has 0 atom stereocenters. The van der Waals surface area contributed by atoms with Crippen LogP contribution < -0.4 is 0 Å². The summed E-state index contributed by atoms with van der Waals surface area (Å²) in [5, 5.41) is 8.65. The lowest BCUT2D eigenvalue weighted by molar-refractivity contribution is -0.136. The Labute approximate surface area is 102 Å². The molecule has 0 aliphatic carbocycles. The van der Waals surface area contributed by atoms with E-state index in [1.54, 1.807) is 0 Å². The van der Waals surface area contributed by atoms with Gasteiger partial charge in [0.05, 0.1) is 18.6 Å². The molecule has 0 aliphatic heterocycles. The molecule has 0 saturated heterocycles. The molecule has 1 N–H and O–H groups in total. The SMILES string of the molecule is CCC(C)(C)OCc1ccc(CC(=O)O)cc1. The van der Waals surface area contributed by atoms with Crippen LogP contribution in [0.5, 0.6) is 0 Å². The number of hydrogen-bond donors (Lipinski definition) is 1. The molecule has 0 saturated carbocycles. The number of aliphatic carboxylic acids is 1. The van der Waals surface area contributed by atoms with Crippen molar-refractivity contribution in [1.82, 2.24) is 0 Å². The number of carboxylic acid groups (broad SMARTS) is 1. The highest BCUT2D eigenvalue weighted by molar-refractivity contribution is 5.70. The summed E-state index contributed by atoms with van der Waals surface area (Å²) in [6, 6.07) is 7.52. The average molecular weight is 236 g/mol. The van der Waals surface area contributed by atoms with E-state index in [9.17, 15) is 4.79 Å². The Bertz CT molecular complexity index is 366. The molecular formula is C14H20O3. The molecule has 0 radical (unpaired) electrons. The fourth-order valence-corrected chi connectivity index (χ4v) is 1.31. The average Bonchev–Trinajstić information content (AvgIpc) is 2.28. The molecule has 1 rings (SSSR count). The van der Waals surface area contributed by atoms with E-state index >= 15 is 0 Å². The summed E-state index contributed by atoms with van der Waals surface area (Å²) in [4.78, 5) is 10.5. The first-order chi connectivity index (χ1) is 7.93.